The summed E-state index contributed by atoms with van der Waals surface area (Å²) in [5.74, 6) is 1.38. The summed E-state index contributed by atoms with van der Waals surface area (Å²) in [5.41, 5.74) is 6.46. The molecule has 2 heterocycles. The molecule has 84 valence electrons. The first kappa shape index (κ1) is 9.53. The quantitative estimate of drug-likeness (QED) is 0.821. The van der Waals surface area contributed by atoms with Gasteiger partial charge in [-0.3, -0.25) is 0 Å². The molecule has 0 aliphatic heterocycles. The monoisotopic (exact) mass is 220 g/mol. The van der Waals surface area contributed by atoms with Crippen molar-refractivity contribution in [2.24, 2.45) is 5.73 Å². The van der Waals surface area contributed by atoms with E-state index in [1.54, 1.807) is 6.07 Å². The summed E-state index contributed by atoms with van der Waals surface area (Å²) in [7, 11) is 0. The van der Waals surface area contributed by atoms with Gasteiger partial charge in [-0.1, -0.05) is 10.3 Å². The van der Waals surface area contributed by atoms with Crippen molar-refractivity contribution in [2.75, 3.05) is 0 Å². The molecular formula is C10H12N4O2. The molecule has 0 atom stereocenters. The predicted molar refractivity (Wildman–Crippen MR) is 54.2 cm³/mol. The number of rotatable bonds is 2. The third-order valence-electron chi connectivity index (χ3n) is 2.96. The molecule has 0 radical (unpaired) electrons. The first-order valence-corrected chi connectivity index (χ1v) is 5.24. The second-order valence-electron chi connectivity index (χ2n) is 4.27. The summed E-state index contributed by atoms with van der Waals surface area (Å²) in [5, 5.41) is 7.66. The minimum Gasteiger partial charge on any atom is -0.351 e. The van der Waals surface area contributed by atoms with Gasteiger partial charge in [-0.2, -0.15) is 4.98 Å². The van der Waals surface area contributed by atoms with E-state index in [4.69, 9.17) is 14.8 Å². The summed E-state index contributed by atoms with van der Waals surface area (Å²) in [6.45, 7) is 1.83. The minimum absolute atomic E-state index is 0.340. The van der Waals surface area contributed by atoms with Gasteiger partial charge in [0, 0.05) is 6.07 Å². The van der Waals surface area contributed by atoms with Gasteiger partial charge < -0.3 is 14.8 Å². The first-order valence-electron chi connectivity index (χ1n) is 5.24. The summed E-state index contributed by atoms with van der Waals surface area (Å²) in [6.07, 6.45) is 2.92. The fourth-order valence-electron chi connectivity index (χ4n) is 1.77. The molecule has 0 aromatic carbocycles. The van der Waals surface area contributed by atoms with Gasteiger partial charge >= 0.3 is 0 Å². The van der Waals surface area contributed by atoms with Gasteiger partial charge in [0.1, 0.15) is 0 Å². The van der Waals surface area contributed by atoms with Crippen LogP contribution in [0.5, 0.6) is 0 Å². The summed E-state index contributed by atoms with van der Waals surface area (Å²) in [4.78, 5) is 4.25. The van der Waals surface area contributed by atoms with E-state index in [-0.39, 0.29) is 0 Å². The third kappa shape index (κ3) is 1.34. The summed E-state index contributed by atoms with van der Waals surface area (Å²) >= 11 is 0. The van der Waals surface area contributed by atoms with Crippen LogP contribution in [0.2, 0.25) is 0 Å². The number of nitrogens with two attached hydrogens (primary N) is 1. The highest BCUT2D eigenvalue weighted by Crippen LogP contribution is 2.37. The van der Waals surface area contributed by atoms with Crippen LogP contribution >= 0.6 is 0 Å². The van der Waals surface area contributed by atoms with Crippen molar-refractivity contribution >= 4 is 0 Å². The lowest BCUT2D eigenvalue weighted by molar-refractivity contribution is 0.229. The van der Waals surface area contributed by atoms with Crippen molar-refractivity contribution in [2.45, 2.75) is 31.7 Å². The molecule has 0 bridgehead atoms. The van der Waals surface area contributed by atoms with Crippen LogP contribution in [0.3, 0.4) is 0 Å². The zero-order chi connectivity index (χ0) is 11.2. The molecule has 0 saturated heterocycles. The number of aryl methyl sites for hydroxylation is 1. The number of nitrogens with zero attached hydrogens (tertiary/aromatic N) is 3. The van der Waals surface area contributed by atoms with E-state index in [1.807, 2.05) is 6.92 Å². The summed E-state index contributed by atoms with van der Waals surface area (Å²) < 4.78 is 10.2. The molecule has 2 aromatic rings. The van der Waals surface area contributed by atoms with Crippen LogP contribution in [0, 0.1) is 6.92 Å². The highest BCUT2D eigenvalue weighted by molar-refractivity contribution is 5.43. The van der Waals surface area contributed by atoms with Crippen LogP contribution in [0.25, 0.3) is 11.7 Å². The van der Waals surface area contributed by atoms with Gasteiger partial charge in [0.15, 0.2) is 5.82 Å². The Kier molecular flexibility index (Phi) is 1.88. The molecule has 1 saturated carbocycles. The van der Waals surface area contributed by atoms with Crippen LogP contribution < -0.4 is 5.73 Å². The van der Waals surface area contributed by atoms with Crippen LogP contribution in [-0.4, -0.2) is 15.3 Å². The smallest absolute Gasteiger partial charge is 0.296 e. The molecule has 3 rings (SSSR count). The van der Waals surface area contributed by atoms with Gasteiger partial charge in [0.25, 0.3) is 5.89 Å². The van der Waals surface area contributed by atoms with Gasteiger partial charge in [-0.15, -0.1) is 0 Å². The Balaban J connectivity index is 1.93. The highest BCUT2D eigenvalue weighted by atomic mass is 16.5. The summed E-state index contributed by atoms with van der Waals surface area (Å²) in [6, 6.07) is 1.75. The molecule has 1 fully saturated rings. The van der Waals surface area contributed by atoms with Gasteiger partial charge in [0.2, 0.25) is 5.76 Å². The Bertz CT molecular complexity index is 512. The largest absolute Gasteiger partial charge is 0.351 e. The van der Waals surface area contributed by atoms with E-state index in [1.165, 1.54) is 0 Å². The van der Waals surface area contributed by atoms with Crippen LogP contribution in [0.4, 0.5) is 0 Å². The Hall–Kier alpha value is -1.69. The zero-order valence-corrected chi connectivity index (χ0v) is 8.93. The van der Waals surface area contributed by atoms with Crippen molar-refractivity contribution < 1.29 is 9.05 Å². The lowest BCUT2D eigenvalue weighted by Gasteiger charge is -2.34. The minimum atomic E-state index is -0.406. The molecule has 6 heteroatoms. The molecular weight excluding hydrogens is 208 g/mol. The van der Waals surface area contributed by atoms with E-state index in [2.05, 4.69) is 15.3 Å². The average Bonchev–Trinajstić information content (AvgIpc) is 2.82. The van der Waals surface area contributed by atoms with E-state index in [9.17, 15) is 0 Å². The van der Waals surface area contributed by atoms with Crippen LogP contribution in [0.1, 0.15) is 30.8 Å². The van der Waals surface area contributed by atoms with E-state index in [0.29, 0.717) is 17.5 Å². The van der Waals surface area contributed by atoms with E-state index < -0.39 is 5.54 Å². The lowest BCUT2D eigenvalue weighted by Crippen LogP contribution is -2.44. The van der Waals surface area contributed by atoms with Crippen molar-refractivity contribution in [3.63, 3.8) is 0 Å². The van der Waals surface area contributed by atoms with Crippen molar-refractivity contribution in [3.05, 3.63) is 17.6 Å². The molecule has 0 spiro atoms. The molecule has 2 aromatic heterocycles. The Morgan fingerprint density at radius 2 is 2.12 bits per heavy atom. The normalized spacial score (nSPS) is 18.4. The maximum absolute atomic E-state index is 6.09. The standard InChI is InChI=1S/C10H12N4O2/c1-6-5-7(15-13-6)8-12-9(14-16-8)10(11)3-2-4-10/h5H,2-4,11H2,1H3. The second kappa shape index (κ2) is 3.15. The highest BCUT2D eigenvalue weighted by Gasteiger charge is 2.39. The molecule has 1 aliphatic carbocycles. The Labute approximate surface area is 91.8 Å². The van der Waals surface area contributed by atoms with Gasteiger partial charge in [-0.05, 0) is 26.2 Å². The third-order valence-corrected chi connectivity index (χ3v) is 2.96. The molecule has 1 aliphatic rings. The number of hydrogen-bond acceptors (Lipinski definition) is 6. The van der Waals surface area contributed by atoms with Gasteiger partial charge in [-0.25, -0.2) is 0 Å². The van der Waals surface area contributed by atoms with Crippen molar-refractivity contribution in [1.82, 2.24) is 15.3 Å². The molecule has 0 unspecified atom stereocenters. The van der Waals surface area contributed by atoms with E-state index >= 15 is 0 Å². The zero-order valence-electron chi connectivity index (χ0n) is 8.93. The number of hydrogen-bond donors (Lipinski definition) is 1. The Morgan fingerprint density at radius 1 is 1.31 bits per heavy atom. The molecule has 16 heavy (non-hydrogen) atoms. The average molecular weight is 220 g/mol. The van der Waals surface area contributed by atoms with Crippen molar-refractivity contribution in [1.29, 1.82) is 0 Å². The molecule has 2 N–H and O–H groups in total. The second-order valence-corrected chi connectivity index (χ2v) is 4.27. The SMILES string of the molecule is Cc1cc(-c2nc(C3(N)CCC3)no2)on1. The molecule has 0 amide bonds. The fourth-order valence-corrected chi connectivity index (χ4v) is 1.77. The topological polar surface area (TPSA) is 91.0 Å². The van der Waals surface area contributed by atoms with E-state index in [0.717, 1.165) is 25.0 Å². The van der Waals surface area contributed by atoms with Crippen molar-refractivity contribution in [3.8, 4) is 11.7 Å². The molecule has 6 nitrogen and oxygen atoms in total. The maximum atomic E-state index is 6.09. The van der Waals surface area contributed by atoms with Crippen LogP contribution in [-0.2, 0) is 5.54 Å². The van der Waals surface area contributed by atoms with Gasteiger partial charge in [0.05, 0.1) is 11.2 Å². The first-order chi connectivity index (χ1) is 7.67. The predicted octanol–water partition coefficient (Wildman–Crippen LogP) is 1.37. The maximum Gasteiger partial charge on any atom is 0.296 e. The number of aromatic nitrogens is 3. The van der Waals surface area contributed by atoms with Crippen LogP contribution in [0.15, 0.2) is 15.1 Å². The fraction of sp³-hybridized carbons (Fsp3) is 0.500. The Morgan fingerprint density at radius 3 is 2.69 bits per heavy atom. The lowest BCUT2D eigenvalue weighted by atomic mass is 9.77.